The molecule has 2 heterocycles. The van der Waals surface area contributed by atoms with E-state index in [2.05, 4.69) is 34.4 Å². The summed E-state index contributed by atoms with van der Waals surface area (Å²) in [7, 11) is 1.90. The molecule has 5 heteroatoms. The van der Waals surface area contributed by atoms with Gasteiger partial charge >= 0.3 is 0 Å². The second-order valence-corrected chi connectivity index (χ2v) is 5.66. The van der Waals surface area contributed by atoms with Crippen LogP contribution in [0.25, 0.3) is 0 Å². The Balaban J connectivity index is 2.03. The average Bonchev–Trinajstić information content (AvgIpc) is 2.93. The second kappa shape index (κ2) is 6.88. The molecule has 20 heavy (non-hydrogen) atoms. The highest BCUT2D eigenvalue weighted by molar-refractivity contribution is 5.57. The summed E-state index contributed by atoms with van der Waals surface area (Å²) in [5.74, 6) is 3.04. The van der Waals surface area contributed by atoms with Gasteiger partial charge in [0.15, 0.2) is 0 Å². The Morgan fingerprint density at radius 2 is 2.05 bits per heavy atom. The Labute approximate surface area is 121 Å². The van der Waals surface area contributed by atoms with Crippen LogP contribution in [0.5, 0.6) is 0 Å². The predicted octanol–water partition coefficient (Wildman–Crippen LogP) is 2.93. The molecule has 1 aromatic rings. The van der Waals surface area contributed by atoms with E-state index in [0.29, 0.717) is 12.0 Å². The zero-order valence-electron chi connectivity index (χ0n) is 13.0. The number of hydrogen-bond acceptors (Lipinski definition) is 5. The number of aromatic nitrogens is 2. The van der Waals surface area contributed by atoms with Crippen molar-refractivity contribution in [3.05, 3.63) is 11.4 Å². The summed E-state index contributed by atoms with van der Waals surface area (Å²) in [6.45, 7) is 8.08. The van der Waals surface area contributed by atoms with E-state index >= 15 is 0 Å². The van der Waals surface area contributed by atoms with Gasteiger partial charge in [-0.15, -0.1) is 0 Å². The normalized spacial score (nSPS) is 18.6. The van der Waals surface area contributed by atoms with E-state index in [1.807, 2.05) is 14.0 Å². The summed E-state index contributed by atoms with van der Waals surface area (Å²) in [6.07, 6.45) is 3.83. The van der Waals surface area contributed by atoms with Gasteiger partial charge in [0, 0.05) is 31.7 Å². The van der Waals surface area contributed by atoms with Crippen molar-refractivity contribution in [1.82, 2.24) is 9.97 Å². The van der Waals surface area contributed by atoms with E-state index in [9.17, 15) is 0 Å². The Hall–Kier alpha value is -1.36. The van der Waals surface area contributed by atoms with Gasteiger partial charge in [-0.3, -0.25) is 0 Å². The quantitative estimate of drug-likeness (QED) is 0.838. The number of nitrogens with zero attached hydrogens (tertiary/aromatic N) is 2. The molecule has 1 fully saturated rings. The Morgan fingerprint density at radius 3 is 2.65 bits per heavy atom. The van der Waals surface area contributed by atoms with Crippen molar-refractivity contribution >= 4 is 11.6 Å². The van der Waals surface area contributed by atoms with Crippen molar-refractivity contribution in [3.8, 4) is 0 Å². The fourth-order valence-electron chi connectivity index (χ4n) is 2.43. The topological polar surface area (TPSA) is 59.1 Å². The molecular formula is C15H26N4O. The zero-order valence-corrected chi connectivity index (χ0v) is 13.0. The smallest absolute Gasteiger partial charge is 0.135 e. The summed E-state index contributed by atoms with van der Waals surface area (Å²) >= 11 is 0. The minimum Gasteiger partial charge on any atom is -0.378 e. The SMILES string of the molecule is CNc1nc(C(C)C)nc(NCCC2CCCO2)c1C. The summed E-state index contributed by atoms with van der Waals surface area (Å²) < 4.78 is 5.64. The van der Waals surface area contributed by atoms with Crippen molar-refractivity contribution in [3.63, 3.8) is 0 Å². The van der Waals surface area contributed by atoms with Crippen LogP contribution in [0.4, 0.5) is 11.6 Å². The Morgan fingerprint density at radius 1 is 1.30 bits per heavy atom. The molecule has 0 radical (unpaired) electrons. The van der Waals surface area contributed by atoms with Crippen LogP contribution < -0.4 is 10.6 Å². The lowest BCUT2D eigenvalue weighted by Crippen LogP contribution is -2.15. The maximum atomic E-state index is 5.64. The second-order valence-electron chi connectivity index (χ2n) is 5.66. The highest BCUT2D eigenvalue weighted by Gasteiger charge is 2.16. The first-order chi connectivity index (χ1) is 9.61. The maximum absolute atomic E-state index is 5.64. The van der Waals surface area contributed by atoms with E-state index < -0.39 is 0 Å². The molecule has 0 aromatic carbocycles. The summed E-state index contributed by atoms with van der Waals surface area (Å²) in [5, 5.41) is 6.59. The third-order valence-corrected chi connectivity index (χ3v) is 3.70. The fourth-order valence-corrected chi connectivity index (χ4v) is 2.43. The Bertz CT molecular complexity index is 442. The van der Waals surface area contributed by atoms with Gasteiger partial charge in [0.05, 0.1) is 6.10 Å². The van der Waals surface area contributed by atoms with Crippen LogP contribution in [0.15, 0.2) is 0 Å². The van der Waals surface area contributed by atoms with E-state index in [1.54, 1.807) is 0 Å². The highest BCUT2D eigenvalue weighted by Crippen LogP contribution is 2.23. The largest absolute Gasteiger partial charge is 0.378 e. The van der Waals surface area contributed by atoms with Crippen molar-refractivity contribution in [2.24, 2.45) is 0 Å². The number of anilines is 2. The van der Waals surface area contributed by atoms with Crippen LogP contribution >= 0.6 is 0 Å². The van der Waals surface area contributed by atoms with E-state index in [-0.39, 0.29) is 0 Å². The molecule has 112 valence electrons. The van der Waals surface area contributed by atoms with Gasteiger partial charge in [-0.05, 0) is 26.2 Å². The van der Waals surface area contributed by atoms with Crippen molar-refractivity contribution in [1.29, 1.82) is 0 Å². The molecular weight excluding hydrogens is 252 g/mol. The molecule has 1 aliphatic rings. The molecule has 1 aliphatic heterocycles. The molecule has 0 amide bonds. The van der Waals surface area contributed by atoms with Crippen molar-refractivity contribution in [2.45, 2.75) is 52.1 Å². The lowest BCUT2D eigenvalue weighted by atomic mass is 10.1. The number of ether oxygens (including phenoxy) is 1. The molecule has 2 rings (SSSR count). The monoisotopic (exact) mass is 278 g/mol. The fraction of sp³-hybridized carbons (Fsp3) is 0.733. The molecule has 1 unspecified atom stereocenters. The first kappa shape index (κ1) is 15.0. The molecule has 0 spiro atoms. The average molecular weight is 278 g/mol. The minimum atomic E-state index is 0.321. The number of hydrogen-bond donors (Lipinski definition) is 2. The third kappa shape index (κ3) is 3.60. The van der Waals surface area contributed by atoms with Crippen LogP contribution in [-0.2, 0) is 4.74 Å². The molecule has 0 saturated carbocycles. The van der Waals surface area contributed by atoms with Crippen LogP contribution in [0.1, 0.15) is 50.4 Å². The lowest BCUT2D eigenvalue weighted by molar-refractivity contribution is 0.107. The summed E-state index contributed by atoms with van der Waals surface area (Å²) in [6, 6.07) is 0. The van der Waals surface area contributed by atoms with E-state index in [4.69, 9.17) is 4.74 Å². The Kier molecular flexibility index (Phi) is 5.17. The third-order valence-electron chi connectivity index (χ3n) is 3.70. The maximum Gasteiger partial charge on any atom is 0.135 e. The van der Waals surface area contributed by atoms with Gasteiger partial charge in [-0.1, -0.05) is 13.8 Å². The highest BCUT2D eigenvalue weighted by atomic mass is 16.5. The minimum absolute atomic E-state index is 0.321. The van der Waals surface area contributed by atoms with Gasteiger partial charge in [-0.25, -0.2) is 9.97 Å². The summed E-state index contributed by atoms with van der Waals surface area (Å²) in [5.41, 5.74) is 1.07. The first-order valence-electron chi connectivity index (χ1n) is 7.53. The number of nitrogens with one attached hydrogen (secondary N) is 2. The van der Waals surface area contributed by atoms with Gasteiger partial charge in [0.2, 0.25) is 0 Å². The molecule has 1 aromatic heterocycles. The van der Waals surface area contributed by atoms with Crippen LogP contribution in [0, 0.1) is 6.92 Å². The van der Waals surface area contributed by atoms with Crippen LogP contribution in [0.3, 0.4) is 0 Å². The number of rotatable bonds is 6. The van der Waals surface area contributed by atoms with Crippen LogP contribution in [-0.4, -0.2) is 36.3 Å². The standard InChI is InChI=1S/C15H26N4O/c1-10(2)13-18-14(16-4)11(3)15(19-13)17-8-7-12-6-5-9-20-12/h10,12H,5-9H2,1-4H3,(H2,16,17,18,19). The zero-order chi connectivity index (χ0) is 14.5. The molecule has 0 bridgehead atoms. The molecule has 1 atom stereocenters. The lowest BCUT2D eigenvalue weighted by Gasteiger charge is -2.16. The van der Waals surface area contributed by atoms with Crippen molar-refractivity contribution < 1.29 is 4.74 Å². The summed E-state index contributed by atoms with van der Waals surface area (Å²) in [4.78, 5) is 9.19. The van der Waals surface area contributed by atoms with Gasteiger partial charge in [-0.2, -0.15) is 0 Å². The van der Waals surface area contributed by atoms with E-state index in [1.165, 1.54) is 12.8 Å². The molecule has 2 N–H and O–H groups in total. The molecule has 0 aliphatic carbocycles. The molecule has 1 saturated heterocycles. The van der Waals surface area contributed by atoms with Gasteiger partial charge in [0.1, 0.15) is 17.5 Å². The van der Waals surface area contributed by atoms with Crippen LogP contribution in [0.2, 0.25) is 0 Å². The van der Waals surface area contributed by atoms with Gasteiger partial charge in [0.25, 0.3) is 0 Å². The first-order valence-corrected chi connectivity index (χ1v) is 7.53. The predicted molar refractivity (Wildman–Crippen MR) is 82.5 cm³/mol. The van der Waals surface area contributed by atoms with Crippen molar-refractivity contribution in [2.75, 3.05) is 30.8 Å². The van der Waals surface area contributed by atoms with E-state index in [0.717, 1.165) is 42.6 Å². The molecule has 5 nitrogen and oxygen atoms in total. The van der Waals surface area contributed by atoms with Gasteiger partial charge < -0.3 is 15.4 Å².